The molecule has 1 saturated carbocycles. The molecule has 140 valence electrons. The van der Waals surface area contributed by atoms with Gasteiger partial charge in [0.25, 0.3) is 0 Å². The summed E-state index contributed by atoms with van der Waals surface area (Å²) in [5, 5.41) is 0.299. The normalized spacial score (nSPS) is 19.0. The highest BCUT2D eigenvalue weighted by Gasteiger charge is 2.49. The third kappa shape index (κ3) is 6.67. The minimum Gasteiger partial charge on any atom is -0.459 e. The highest BCUT2D eigenvalue weighted by atomic mass is 28.2. The molecule has 1 fully saturated rings. The smallest absolute Gasteiger partial charge is 0.328 e. The van der Waals surface area contributed by atoms with Crippen molar-refractivity contribution in [1.82, 2.24) is 0 Å². The summed E-state index contributed by atoms with van der Waals surface area (Å²) in [5.41, 5.74) is -0.402. The second kappa shape index (κ2) is 7.69. The summed E-state index contributed by atoms with van der Waals surface area (Å²) in [6.07, 6.45) is 6.39. The Morgan fingerprint density at radius 2 is 1.71 bits per heavy atom. The van der Waals surface area contributed by atoms with Crippen LogP contribution in [0.5, 0.6) is 0 Å². The number of carbonyl (C=O) groups is 1. The maximum absolute atomic E-state index is 11.7. The molecular formula is C19H37NO3Si. The van der Waals surface area contributed by atoms with Gasteiger partial charge < -0.3 is 9.16 Å². The van der Waals surface area contributed by atoms with Gasteiger partial charge in [0.1, 0.15) is 12.1 Å². The molecule has 0 atom stereocenters. The quantitative estimate of drug-likeness (QED) is 0.393. The first-order valence-electron chi connectivity index (χ1n) is 9.11. The molecule has 1 rings (SSSR count). The van der Waals surface area contributed by atoms with E-state index in [4.69, 9.17) is 9.16 Å². The first-order valence-corrected chi connectivity index (χ1v) is 10.4. The van der Waals surface area contributed by atoms with Crippen molar-refractivity contribution in [3.8, 4) is 0 Å². The minimum atomic E-state index is -0.589. The van der Waals surface area contributed by atoms with E-state index in [-0.39, 0.29) is 23.5 Å². The second-order valence-electron chi connectivity index (χ2n) is 9.81. The maximum Gasteiger partial charge on any atom is 0.328 e. The molecule has 0 bridgehead atoms. The van der Waals surface area contributed by atoms with Gasteiger partial charge in [0.05, 0.1) is 5.60 Å². The third-order valence-electron chi connectivity index (χ3n) is 4.71. The van der Waals surface area contributed by atoms with Crippen LogP contribution < -0.4 is 0 Å². The van der Waals surface area contributed by atoms with Crippen molar-refractivity contribution in [3.05, 3.63) is 0 Å². The van der Waals surface area contributed by atoms with Gasteiger partial charge in [-0.1, -0.05) is 27.2 Å². The summed E-state index contributed by atoms with van der Waals surface area (Å²) in [7, 11) is -0.589. The average Bonchev–Trinajstić information content (AvgIpc) is 2.31. The molecule has 0 aromatic heterocycles. The molecule has 0 N–H and O–H groups in total. The first kappa shape index (κ1) is 21.4. The monoisotopic (exact) mass is 355 g/mol. The fourth-order valence-electron chi connectivity index (χ4n) is 2.96. The molecule has 0 aromatic carbocycles. The number of hydrogen-bond acceptors (Lipinski definition) is 4. The van der Waals surface area contributed by atoms with Crippen molar-refractivity contribution in [2.75, 3.05) is 6.54 Å². The molecule has 0 saturated heterocycles. The number of rotatable bonds is 7. The maximum atomic E-state index is 11.7. The van der Waals surface area contributed by atoms with Crippen LogP contribution in [-0.2, 0) is 14.0 Å². The summed E-state index contributed by atoms with van der Waals surface area (Å²) < 4.78 is 11.7. The lowest BCUT2D eigenvalue weighted by Crippen LogP contribution is -2.51. The topological polar surface area (TPSA) is 47.9 Å². The predicted molar refractivity (Wildman–Crippen MR) is 104 cm³/mol. The summed E-state index contributed by atoms with van der Waals surface area (Å²) in [6, 6.07) is 0. The average molecular weight is 356 g/mol. The highest BCUT2D eigenvalue weighted by Crippen LogP contribution is 2.53. The van der Waals surface area contributed by atoms with Gasteiger partial charge in [0.15, 0.2) is 9.76 Å². The molecular weight excluding hydrogens is 318 g/mol. The molecule has 0 heterocycles. The van der Waals surface area contributed by atoms with Gasteiger partial charge in [-0.3, -0.25) is 9.79 Å². The number of carbonyl (C=O) groups excluding carboxylic acids is 1. The lowest BCUT2D eigenvalue weighted by atomic mass is 9.58. The first-order chi connectivity index (χ1) is 10.8. The van der Waals surface area contributed by atoms with E-state index in [0.717, 1.165) is 6.42 Å². The van der Waals surface area contributed by atoms with Crippen LogP contribution in [-0.4, -0.2) is 39.7 Å². The summed E-state index contributed by atoms with van der Waals surface area (Å²) >= 11 is 0. The van der Waals surface area contributed by atoms with Gasteiger partial charge in [0.2, 0.25) is 0 Å². The van der Waals surface area contributed by atoms with E-state index in [1.54, 1.807) is 0 Å². The van der Waals surface area contributed by atoms with Gasteiger partial charge in [0, 0.05) is 11.6 Å². The van der Waals surface area contributed by atoms with Gasteiger partial charge in [-0.25, -0.2) is 0 Å². The van der Waals surface area contributed by atoms with Crippen LogP contribution in [0.1, 0.15) is 81.1 Å². The number of esters is 1. The van der Waals surface area contributed by atoms with E-state index in [0.29, 0.717) is 5.04 Å². The van der Waals surface area contributed by atoms with Gasteiger partial charge in [-0.2, -0.15) is 0 Å². The van der Waals surface area contributed by atoms with Gasteiger partial charge in [-0.15, -0.1) is 0 Å². The molecule has 1 aliphatic carbocycles. The Morgan fingerprint density at radius 1 is 1.12 bits per heavy atom. The molecule has 0 aromatic rings. The van der Waals surface area contributed by atoms with Crippen LogP contribution in [0, 0.1) is 5.41 Å². The van der Waals surface area contributed by atoms with Crippen molar-refractivity contribution in [2.24, 2.45) is 10.4 Å². The lowest BCUT2D eigenvalue weighted by Gasteiger charge is -2.53. The molecule has 0 unspecified atom stereocenters. The predicted octanol–water partition coefficient (Wildman–Crippen LogP) is 4.06. The molecule has 4 nitrogen and oxygen atoms in total. The standard InChI is InChI=1S/C19H37NO3Si/c1-16(2,3)22-15(21)14-20-13-12-19(10-9-11-19)18(7,8)23-24-17(4,5)6/h13H,9-12,14,24H2,1-8H3. The van der Waals surface area contributed by atoms with Crippen molar-refractivity contribution >= 4 is 21.9 Å². The van der Waals surface area contributed by atoms with Crippen LogP contribution in [0.15, 0.2) is 4.99 Å². The van der Waals surface area contributed by atoms with Gasteiger partial charge in [-0.05, 0) is 58.9 Å². The zero-order valence-corrected chi connectivity index (χ0v) is 18.4. The molecule has 0 spiro atoms. The Morgan fingerprint density at radius 3 is 2.12 bits per heavy atom. The fourth-order valence-corrected chi connectivity index (χ4v) is 4.06. The van der Waals surface area contributed by atoms with Crippen molar-refractivity contribution in [2.45, 2.75) is 97.3 Å². The molecule has 0 aliphatic heterocycles. The Kier molecular flexibility index (Phi) is 6.84. The lowest BCUT2D eigenvalue weighted by molar-refractivity contribution is -0.152. The number of aliphatic imine (C=N–C) groups is 1. The molecule has 5 heteroatoms. The van der Waals surface area contributed by atoms with E-state index >= 15 is 0 Å². The van der Waals surface area contributed by atoms with Crippen molar-refractivity contribution in [3.63, 3.8) is 0 Å². The summed E-state index contributed by atoms with van der Waals surface area (Å²) in [4.78, 5) is 16.0. The van der Waals surface area contributed by atoms with Crippen LogP contribution in [0.25, 0.3) is 0 Å². The Labute approximate surface area is 150 Å². The molecule has 1 aliphatic rings. The minimum absolute atomic E-state index is 0.103. The van der Waals surface area contributed by atoms with Crippen LogP contribution in [0.2, 0.25) is 5.04 Å². The summed E-state index contributed by atoms with van der Waals surface area (Å²) in [5.74, 6) is -0.267. The molecule has 0 amide bonds. The van der Waals surface area contributed by atoms with E-state index in [1.165, 1.54) is 19.3 Å². The van der Waals surface area contributed by atoms with E-state index in [2.05, 4.69) is 39.6 Å². The second-order valence-corrected chi connectivity index (χ2v) is 12.5. The van der Waals surface area contributed by atoms with Crippen LogP contribution in [0.4, 0.5) is 0 Å². The Bertz CT molecular complexity index is 454. The van der Waals surface area contributed by atoms with Crippen molar-refractivity contribution in [1.29, 1.82) is 0 Å². The van der Waals surface area contributed by atoms with E-state index in [9.17, 15) is 4.79 Å². The largest absolute Gasteiger partial charge is 0.459 e. The highest BCUT2D eigenvalue weighted by molar-refractivity contribution is 6.31. The molecule has 0 radical (unpaired) electrons. The Hall–Kier alpha value is -0.683. The Balaban J connectivity index is 2.56. The van der Waals surface area contributed by atoms with E-state index < -0.39 is 15.4 Å². The van der Waals surface area contributed by atoms with Crippen LogP contribution >= 0.6 is 0 Å². The third-order valence-corrected chi connectivity index (χ3v) is 6.44. The number of hydrogen-bond donors (Lipinski definition) is 0. The SMILES string of the molecule is CC(C)(C)OC(=O)CN=CCC1(C(C)(C)O[SiH2]C(C)(C)C)CCC1. The summed E-state index contributed by atoms with van der Waals surface area (Å²) in [6.45, 7) is 16.9. The molecule has 24 heavy (non-hydrogen) atoms. The van der Waals surface area contributed by atoms with Gasteiger partial charge >= 0.3 is 5.97 Å². The zero-order chi connectivity index (χ0) is 18.6. The van der Waals surface area contributed by atoms with E-state index in [1.807, 2.05) is 27.0 Å². The number of ether oxygens (including phenoxy) is 1. The number of nitrogens with zero attached hydrogens (tertiary/aromatic N) is 1. The van der Waals surface area contributed by atoms with Crippen molar-refractivity contribution < 1.29 is 14.0 Å². The fraction of sp³-hybridized carbons (Fsp3) is 0.895. The van der Waals surface area contributed by atoms with Crippen LogP contribution in [0.3, 0.4) is 0 Å². The zero-order valence-electron chi connectivity index (χ0n) is 17.0.